The lowest BCUT2D eigenvalue weighted by Gasteiger charge is -2.06. The molecule has 0 saturated carbocycles. The van der Waals surface area contributed by atoms with Crippen molar-refractivity contribution in [2.45, 2.75) is 6.92 Å². The first-order valence-electron chi connectivity index (χ1n) is 6.08. The second-order valence-corrected chi connectivity index (χ2v) is 4.03. The third-order valence-electron chi connectivity index (χ3n) is 2.59. The summed E-state index contributed by atoms with van der Waals surface area (Å²) in [5, 5.41) is 2.73. The van der Waals surface area contributed by atoms with Gasteiger partial charge in [-0.25, -0.2) is 4.98 Å². The van der Waals surface area contributed by atoms with Gasteiger partial charge in [-0.1, -0.05) is 11.8 Å². The van der Waals surface area contributed by atoms with Crippen LogP contribution in [0.1, 0.15) is 21.6 Å². The molecule has 20 heavy (non-hydrogen) atoms. The lowest BCUT2D eigenvalue weighted by Crippen LogP contribution is -2.14. The van der Waals surface area contributed by atoms with Gasteiger partial charge < -0.3 is 11.1 Å². The minimum atomic E-state index is -0.243. The molecule has 0 aliphatic rings. The van der Waals surface area contributed by atoms with Crippen LogP contribution in [0.3, 0.4) is 0 Å². The maximum Gasteiger partial charge on any atom is 0.258 e. The molecule has 0 atom stereocenters. The number of rotatable bonds is 2. The summed E-state index contributed by atoms with van der Waals surface area (Å²) < 4.78 is 0. The van der Waals surface area contributed by atoms with Gasteiger partial charge in [-0.2, -0.15) is 0 Å². The van der Waals surface area contributed by atoms with Gasteiger partial charge in [0, 0.05) is 23.7 Å². The van der Waals surface area contributed by atoms with E-state index in [9.17, 15) is 4.79 Å². The summed E-state index contributed by atoms with van der Waals surface area (Å²) in [6.45, 7) is 2.07. The molecule has 1 amide bonds. The number of anilines is 1. The highest BCUT2D eigenvalue weighted by atomic mass is 16.1. The van der Waals surface area contributed by atoms with Gasteiger partial charge in [0.25, 0.3) is 5.91 Å². The first kappa shape index (κ1) is 13.7. The van der Waals surface area contributed by atoms with Crippen LogP contribution in [0.25, 0.3) is 0 Å². The van der Waals surface area contributed by atoms with Crippen LogP contribution < -0.4 is 11.1 Å². The van der Waals surface area contributed by atoms with Gasteiger partial charge in [0.1, 0.15) is 5.82 Å². The number of aromatic nitrogens is 2. The normalized spacial score (nSPS) is 9.50. The van der Waals surface area contributed by atoms with Gasteiger partial charge in [-0.3, -0.25) is 9.78 Å². The third kappa shape index (κ3) is 3.40. The second-order valence-electron chi connectivity index (χ2n) is 4.03. The van der Waals surface area contributed by atoms with E-state index in [0.29, 0.717) is 23.6 Å². The zero-order valence-electron chi connectivity index (χ0n) is 11.1. The molecule has 0 spiro atoms. The van der Waals surface area contributed by atoms with Crippen molar-refractivity contribution in [1.82, 2.24) is 9.97 Å². The highest BCUT2D eigenvalue weighted by Crippen LogP contribution is 2.10. The average Bonchev–Trinajstić information content (AvgIpc) is 2.46. The minimum absolute atomic E-state index is 0.243. The van der Waals surface area contributed by atoms with E-state index in [2.05, 4.69) is 27.1 Å². The quantitative estimate of drug-likeness (QED) is 0.804. The lowest BCUT2D eigenvalue weighted by molar-refractivity contribution is 0.102. The zero-order valence-corrected chi connectivity index (χ0v) is 11.1. The Morgan fingerprint density at radius 1 is 1.35 bits per heavy atom. The number of hydrogen-bond acceptors (Lipinski definition) is 4. The van der Waals surface area contributed by atoms with Crippen LogP contribution >= 0.6 is 0 Å². The molecule has 100 valence electrons. The van der Waals surface area contributed by atoms with E-state index in [1.54, 1.807) is 43.6 Å². The summed E-state index contributed by atoms with van der Waals surface area (Å²) in [5.74, 6) is 5.85. The van der Waals surface area contributed by atoms with Crippen molar-refractivity contribution >= 4 is 11.7 Å². The predicted octanol–water partition coefficient (Wildman–Crippen LogP) is 1.35. The van der Waals surface area contributed by atoms with Gasteiger partial charge in [0.2, 0.25) is 0 Å². The van der Waals surface area contributed by atoms with E-state index in [0.717, 1.165) is 5.56 Å². The maximum atomic E-state index is 12.1. The molecule has 0 bridgehead atoms. The summed E-state index contributed by atoms with van der Waals surface area (Å²) >= 11 is 0. The van der Waals surface area contributed by atoms with Crippen LogP contribution in [0.4, 0.5) is 5.82 Å². The Morgan fingerprint density at radius 2 is 2.20 bits per heavy atom. The molecule has 3 N–H and O–H groups in total. The third-order valence-corrected chi connectivity index (χ3v) is 2.59. The largest absolute Gasteiger partial charge is 0.320 e. The molecule has 0 aliphatic heterocycles. The molecule has 2 rings (SSSR count). The molecule has 0 fully saturated rings. The van der Waals surface area contributed by atoms with Crippen LogP contribution in [0, 0.1) is 18.8 Å². The van der Waals surface area contributed by atoms with E-state index in [4.69, 9.17) is 5.73 Å². The SMILES string of the molecule is Cc1ncccc1C(=O)Nc1cc(C#CCN)ccn1. The second kappa shape index (κ2) is 6.45. The van der Waals surface area contributed by atoms with E-state index in [1.165, 1.54) is 0 Å². The van der Waals surface area contributed by atoms with Gasteiger partial charge in [0.05, 0.1) is 12.1 Å². The van der Waals surface area contributed by atoms with Crippen LogP contribution in [0.2, 0.25) is 0 Å². The van der Waals surface area contributed by atoms with Crippen molar-refractivity contribution in [2.24, 2.45) is 5.73 Å². The molecule has 2 aromatic heterocycles. The summed E-state index contributed by atoms with van der Waals surface area (Å²) in [6.07, 6.45) is 3.24. The fourth-order valence-corrected chi connectivity index (χ4v) is 1.64. The van der Waals surface area contributed by atoms with E-state index >= 15 is 0 Å². The number of carbonyl (C=O) groups excluding carboxylic acids is 1. The molecule has 0 aliphatic carbocycles. The van der Waals surface area contributed by atoms with E-state index < -0.39 is 0 Å². The molecular formula is C15H14N4O. The fraction of sp³-hybridized carbons (Fsp3) is 0.133. The Kier molecular flexibility index (Phi) is 4.43. The summed E-state index contributed by atoms with van der Waals surface area (Å²) in [7, 11) is 0. The van der Waals surface area contributed by atoms with Crippen molar-refractivity contribution in [3.05, 3.63) is 53.5 Å². The van der Waals surface area contributed by atoms with Gasteiger partial charge in [0.15, 0.2) is 0 Å². The number of nitrogens with zero attached hydrogens (tertiary/aromatic N) is 2. The van der Waals surface area contributed by atoms with Gasteiger partial charge in [-0.05, 0) is 31.2 Å². The van der Waals surface area contributed by atoms with Crippen molar-refractivity contribution in [2.75, 3.05) is 11.9 Å². The highest BCUT2D eigenvalue weighted by Gasteiger charge is 2.09. The fourth-order valence-electron chi connectivity index (χ4n) is 1.64. The standard InChI is InChI=1S/C15H14N4O/c1-11-13(5-3-8-17-11)15(20)19-14-10-12(4-2-7-16)6-9-18-14/h3,5-6,8-10H,7,16H2,1H3,(H,18,19,20). The number of pyridine rings is 2. The predicted molar refractivity (Wildman–Crippen MR) is 77.1 cm³/mol. The molecule has 2 aromatic rings. The summed E-state index contributed by atoms with van der Waals surface area (Å²) in [5.41, 5.74) is 7.27. The Labute approximate surface area is 117 Å². The summed E-state index contributed by atoms with van der Waals surface area (Å²) in [4.78, 5) is 20.3. The number of carbonyl (C=O) groups is 1. The number of aryl methyl sites for hydroxylation is 1. The Bertz CT molecular complexity index is 686. The van der Waals surface area contributed by atoms with Crippen LogP contribution in [0.15, 0.2) is 36.7 Å². The highest BCUT2D eigenvalue weighted by molar-refractivity contribution is 6.04. The molecular weight excluding hydrogens is 252 g/mol. The van der Waals surface area contributed by atoms with Crippen LogP contribution in [-0.2, 0) is 0 Å². The molecule has 0 radical (unpaired) electrons. The first-order valence-corrected chi connectivity index (χ1v) is 6.08. The van der Waals surface area contributed by atoms with Crippen molar-refractivity contribution < 1.29 is 4.79 Å². The van der Waals surface area contributed by atoms with Gasteiger partial charge in [-0.15, -0.1) is 0 Å². The van der Waals surface area contributed by atoms with Crippen LogP contribution in [0.5, 0.6) is 0 Å². The van der Waals surface area contributed by atoms with Crippen molar-refractivity contribution in [1.29, 1.82) is 0 Å². The Morgan fingerprint density at radius 3 is 2.95 bits per heavy atom. The first-order chi connectivity index (χ1) is 9.70. The lowest BCUT2D eigenvalue weighted by atomic mass is 10.2. The van der Waals surface area contributed by atoms with E-state index in [1.807, 2.05) is 0 Å². The molecule has 5 nitrogen and oxygen atoms in total. The number of nitrogens with two attached hydrogens (primary N) is 1. The molecule has 5 heteroatoms. The molecule has 0 saturated heterocycles. The average molecular weight is 266 g/mol. The number of nitrogens with one attached hydrogen (secondary N) is 1. The monoisotopic (exact) mass is 266 g/mol. The maximum absolute atomic E-state index is 12.1. The number of hydrogen-bond donors (Lipinski definition) is 2. The minimum Gasteiger partial charge on any atom is -0.320 e. The summed E-state index contributed by atoms with van der Waals surface area (Å²) in [6, 6.07) is 6.90. The molecule has 0 unspecified atom stereocenters. The molecule has 0 aromatic carbocycles. The van der Waals surface area contributed by atoms with Gasteiger partial charge >= 0.3 is 0 Å². The smallest absolute Gasteiger partial charge is 0.258 e. The molecule has 2 heterocycles. The number of amides is 1. The topological polar surface area (TPSA) is 80.9 Å². The van der Waals surface area contributed by atoms with Crippen LogP contribution in [-0.4, -0.2) is 22.4 Å². The Balaban J connectivity index is 2.18. The van der Waals surface area contributed by atoms with E-state index in [-0.39, 0.29) is 5.91 Å². The van der Waals surface area contributed by atoms with Crippen molar-refractivity contribution in [3.8, 4) is 11.8 Å². The zero-order chi connectivity index (χ0) is 14.4. The van der Waals surface area contributed by atoms with Crippen molar-refractivity contribution in [3.63, 3.8) is 0 Å². The Hall–Kier alpha value is -2.71.